The van der Waals surface area contributed by atoms with E-state index >= 15 is 0 Å². The Labute approximate surface area is 139 Å². The van der Waals surface area contributed by atoms with Crippen LogP contribution in [0, 0.1) is 0 Å². The third-order valence-corrected chi connectivity index (χ3v) is 4.62. The van der Waals surface area contributed by atoms with Crippen molar-refractivity contribution in [1.29, 1.82) is 0 Å². The molecule has 23 heavy (non-hydrogen) atoms. The van der Waals surface area contributed by atoms with Gasteiger partial charge < -0.3 is 4.74 Å². The quantitative estimate of drug-likeness (QED) is 0.610. The Morgan fingerprint density at radius 3 is 2.57 bits per heavy atom. The van der Waals surface area contributed by atoms with Crippen molar-refractivity contribution in [3.63, 3.8) is 0 Å². The van der Waals surface area contributed by atoms with Crippen molar-refractivity contribution in [2.24, 2.45) is 4.99 Å². The van der Waals surface area contributed by atoms with Gasteiger partial charge in [0.25, 0.3) is 0 Å². The van der Waals surface area contributed by atoms with Crippen LogP contribution < -0.4 is 4.74 Å². The molecule has 2 heteroatoms. The number of benzene rings is 2. The molecule has 2 nitrogen and oxygen atoms in total. The fourth-order valence-corrected chi connectivity index (χ4v) is 2.79. The summed E-state index contributed by atoms with van der Waals surface area (Å²) in [5.74, 6) is 1.69. The number of para-hydroxylation sites is 2. The highest BCUT2D eigenvalue weighted by Crippen LogP contribution is 2.42. The van der Waals surface area contributed by atoms with Gasteiger partial charge in [-0.1, -0.05) is 43.7 Å². The molecule has 0 radical (unpaired) electrons. The van der Waals surface area contributed by atoms with Gasteiger partial charge in [0.05, 0.1) is 11.8 Å². The zero-order chi connectivity index (χ0) is 16.1. The third kappa shape index (κ3) is 3.82. The van der Waals surface area contributed by atoms with Gasteiger partial charge >= 0.3 is 0 Å². The van der Waals surface area contributed by atoms with Gasteiger partial charge in [-0.3, -0.25) is 4.99 Å². The summed E-state index contributed by atoms with van der Waals surface area (Å²) in [5.41, 5.74) is 3.41. The predicted molar refractivity (Wildman–Crippen MR) is 97.1 cm³/mol. The Balaban J connectivity index is 1.92. The van der Waals surface area contributed by atoms with E-state index in [1.165, 1.54) is 24.8 Å². The van der Waals surface area contributed by atoms with E-state index < -0.39 is 0 Å². The summed E-state index contributed by atoms with van der Waals surface area (Å²) in [7, 11) is 0. The number of ether oxygens (including phenoxy) is 1. The van der Waals surface area contributed by atoms with Crippen molar-refractivity contribution in [1.82, 2.24) is 0 Å². The average molecular weight is 307 g/mol. The Kier molecular flexibility index (Phi) is 5.12. The zero-order valence-corrected chi connectivity index (χ0v) is 14.0. The van der Waals surface area contributed by atoms with Crippen molar-refractivity contribution < 1.29 is 4.74 Å². The molecular weight excluding hydrogens is 282 g/mol. The lowest BCUT2D eigenvalue weighted by atomic mass is 9.79. The number of hydrogen-bond donors (Lipinski definition) is 0. The number of rotatable bonds is 6. The van der Waals surface area contributed by atoms with Crippen LogP contribution in [0.5, 0.6) is 5.75 Å². The van der Waals surface area contributed by atoms with E-state index in [4.69, 9.17) is 4.74 Å². The van der Waals surface area contributed by atoms with Crippen LogP contribution in [-0.2, 0) is 0 Å². The summed E-state index contributed by atoms with van der Waals surface area (Å²) in [6.07, 6.45) is 7.05. The summed E-state index contributed by atoms with van der Waals surface area (Å²) in [4.78, 5) is 4.61. The van der Waals surface area contributed by atoms with Crippen LogP contribution in [0.2, 0.25) is 0 Å². The smallest absolute Gasteiger partial charge is 0.131 e. The first-order chi connectivity index (χ1) is 11.3. The van der Waals surface area contributed by atoms with Crippen LogP contribution in [0.15, 0.2) is 53.5 Å². The van der Waals surface area contributed by atoms with Gasteiger partial charge in [0.1, 0.15) is 5.75 Å². The van der Waals surface area contributed by atoms with Crippen LogP contribution in [-0.4, -0.2) is 12.3 Å². The molecule has 0 amide bonds. The molecule has 120 valence electrons. The van der Waals surface area contributed by atoms with Crippen LogP contribution in [0.1, 0.15) is 56.6 Å². The molecule has 1 aliphatic rings. The van der Waals surface area contributed by atoms with Gasteiger partial charge in [-0.15, -0.1) is 0 Å². The Hall–Kier alpha value is -2.09. The van der Waals surface area contributed by atoms with Gasteiger partial charge in [-0.2, -0.15) is 0 Å². The molecule has 0 bridgehead atoms. The van der Waals surface area contributed by atoms with E-state index in [2.05, 4.69) is 37.0 Å². The summed E-state index contributed by atoms with van der Waals surface area (Å²) in [5, 5.41) is 0. The maximum Gasteiger partial charge on any atom is 0.131 e. The van der Waals surface area contributed by atoms with E-state index in [1.54, 1.807) is 0 Å². The molecule has 3 rings (SSSR count). The molecule has 1 saturated carbocycles. The fourth-order valence-electron chi connectivity index (χ4n) is 2.79. The Morgan fingerprint density at radius 1 is 1.13 bits per heavy atom. The number of hydrogen-bond acceptors (Lipinski definition) is 2. The summed E-state index contributed by atoms with van der Waals surface area (Å²) >= 11 is 0. The summed E-state index contributed by atoms with van der Waals surface area (Å²) < 4.78 is 6.28. The second kappa shape index (κ2) is 7.45. The lowest BCUT2D eigenvalue weighted by molar-refractivity contribution is 0.211. The van der Waals surface area contributed by atoms with Gasteiger partial charge in [0, 0.05) is 11.8 Å². The zero-order valence-electron chi connectivity index (χ0n) is 14.0. The minimum atomic E-state index is 0.222. The monoisotopic (exact) mass is 307 g/mol. The molecule has 2 aromatic rings. The van der Waals surface area contributed by atoms with Crippen molar-refractivity contribution >= 4 is 11.9 Å². The second-order valence-electron chi connectivity index (χ2n) is 6.32. The first kappa shape index (κ1) is 15.8. The lowest BCUT2D eigenvalue weighted by Crippen LogP contribution is -2.16. The third-order valence-electron chi connectivity index (χ3n) is 4.62. The Bertz CT molecular complexity index is 659. The summed E-state index contributed by atoms with van der Waals surface area (Å²) in [6.45, 7) is 4.30. The van der Waals surface area contributed by atoms with E-state index in [-0.39, 0.29) is 6.10 Å². The first-order valence-corrected chi connectivity index (χ1v) is 8.66. The van der Waals surface area contributed by atoms with Crippen LogP contribution in [0.25, 0.3) is 0 Å². The SMILES string of the molecule is CCC(C)Oc1c(/C=N/c2ccccc2)cccc1C1CCC1. The molecular formula is C21H25NO. The van der Waals surface area contributed by atoms with Crippen LogP contribution in [0.3, 0.4) is 0 Å². The predicted octanol–water partition coefficient (Wildman–Crippen LogP) is 5.88. The molecule has 1 unspecified atom stereocenters. The number of aliphatic imine (C=N–C) groups is 1. The van der Waals surface area contributed by atoms with E-state index in [0.29, 0.717) is 5.92 Å². The molecule has 2 aromatic carbocycles. The topological polar surface area (TPSA) is 21.6 Å². The van der Waals surface area contributed by atoms with Gasteiger partial charge in [-0.25, -0.2) is 0 Å². The minimum Gasteiger partial charge on any atom is -0.490 e. The maximum absolute atomic E-state index is 6.28. The standard InChI is InChI=1S/C21H25NO/c1-3-16(2)23-21-18(15-22-19-12-5-4-6-13-19)11-8-14-20(21)17-9-7-10-17/h4-6,8,11-17H,3,7,9-10H2,1-2H3/b22-15+. The van der Waals surface area contributed by atoms with Gasteiger partial charge in [0.2, 0.25) is 0 Å². The van der Waals surface area contributed by atoms with Crippen LogP contribution >= 0.6 is 0 Å². The minimum absolute atomic E-state index is 0.222. The van der Waals surface area contributed by atoms with Crippen molar-refractivity contribution in [2.75, 3.05) is 0 Å². The Morgan fingerprint density at radius 2 is 1.91 bits per heavy atom. The first-order valence-electron chi connectivity index (χ1n) is 8.66. The van der Waals surface area contributed by atoms with Crippen molar-refractivity contribution in [2.45, 2.75) is 51.6 Å². The fraction of sp³-hybridized carbons (Fsp3) is 0.381. The van der Waals surface area contributed by atoms with Crippen LogP contribution in [0.4, 0.5) is 5.69 Å². The molecule has 0 aromatic heterocycles. The van der Waals surface area contributed by atoms with Gasteiger partial charge in [0.15, 0.2) is 0 Å². The lowest BCUT2D eigenvalue weighted by Gasteiger charge is -2.29. The van der Waals surface area contributed by atoms with E-state index in [9.17, 15) is 0 Å². The molecule has 0 N–H and O–H groups in total. The maximum atomic E-state index is 6.28. The van der Waals surface area contributed by atoms with Crippen molar-refractivity contribution in [3.05, 3.63) is 59.7 Å². The van der Waals surface area contributed by atoms with E-state index in [0.717, 1.165) is 23.4 Å². The molecule has 0 heterocycles. The normalized spacial score (nSPS) is 16.3. The molecule has 1 atom stereocenters. The second-order valence-corrected chi connectivity index (χ2v) is 6.32. The molecule has 1 aliphatic carbocycles. The molecule has 0 spiro atoms. The molecule has 0 saturated heterocycles. The van der Waals surface area contributed by atoms with Gasteiger partial charge in [-0.05, 0) is 55.9 Å². The summed E-state index contributed by atoms with van der Waals surface area (Å²) in [6, 6.07) is 16.5. The largest absolute Gasteiger partial charge is 0.490 e. The highest BCUT2D eigenvalue weighted by Gasteiger charge is 2.24. The number of nitrogens with zero attached hydrogens (tertiary/aromatic N) is 1. The molecule has 1 fully saturated rings. The molecule has 0 aliphatic heterocycles. The van der Waals surface area contributed by atoms with E-state index in [1.807, 2.05) is 36.5 Å². The highest BCUT2D eigenvalue weighted by atomic mass is 16.5. The average Bonchev–Trinajstić information content (AvgIpc) is 2.54. The highest BCUT2D eigenvalue weighted by molar-refractivity contribution is 5.86. The van der Waals surface area contributed by atoms with Crippen molar-refractivity contribution in [3.8, 4) is 5.75 Å².